The number of rotatable bonds is 6. The molecule has 2 aromatic carbocycles. The quantitative estimate of drug-likeness (QED) is 0.641. The minimum absolute atomic E-state index is 0.0331. The van der Waals surface area contributed by atoms with Gasteiger partial charge < -0.3 is 10.1 Å². The van der Waals surface area contributed by atoms with Gasteiger partial charge >= 0.3 is 5.97 Å². The summed E-state index contributed by atoms with van der Waals surface area (Å²) in [5, 5.41) is 6.99. The summed E-state index contributed by atoms with van der Waals surface area (Å²) in [7, 11) is 0. The fourth-order valence-corrected chi connectivity index (χ4v) is 2.96. The summed E-state index contributed by atoms with van der Waals surface area (Å²) in [5.41, 5.74) is 1.86. The fraction of sp³-hybridized carbons (Fsp3) is 0.227. The number of hydrogen-bond acceptors (Lipinski definition) is 4. The fourth-order valence-electron chi connectivity index (χ4n) is 2.96. The summed E-state index contributed by atoms with van der Waals surface area (Å²) in [6, 6.07) is 16.8. The zero-order chi connectivity index (χ0) is 20.4. The minimum Gasteiger partial charge on any atom is -0.448 e. The van der Waals surface area contributed by atoms with Gasteiger partial charge in [-0.25, -0.2) is 13.9 Å². The predicted octanol–water partition coefficient (Wildman–Crippen LogP) is 4.07. The van der Waals surface area contributed by atoms with Crippen molar-refractivity contribution in [1.82, 2.24) is 9.78 Å². The molecule has 1 heterocycles. The standard InChI is InChI=1S/C22H20FN3O3/c1-14(21(27)24-18-10-6-5-9-17(18)23)29-22(28)20-13-19(15-11-12-15)25-26(20)16-7-3-2-4-8-16/h2-10,13-15H,11-12H2,1H3,(H,24,27)/t14-/m1/s1. The number of halogens is 1. The highest BCUT2D eigenvalue weighted by Gasteiger charge is 2.30. The largest absolute Gasteiger partial charge is 0.448 e. The van der Waals surface area contributed by atoms with Gasteiger partial charge in [-0.15, -0.1) is 0 Å². The summed E-state index contributed by atoms with van der Waals surface area (Å²) >= 11 is 0. The van der Waals surface area contributed by atoms with Crippen LogP contribution in [-0.4, -0.2) is 27.8 Å². The van der Waals surface area contributed by atoms with Crippen molar-refractivity contribution in [1.29, 1.82) is 0 Å². The molecule has 1 aliphatic carbocycles. The highest BCUT2D eigenvalue weighted by atomic mass is 19.1. The second kappa shape index (κ2) is 7.87. The average molecular weight is 393 g/mol. The number of nitrogens with zero attached hydrogens (tertiary/aromatic N) is 2. The maximum atomic E-state index is 13.7. The third-order valence-corrected chi connectivity index (χ3v) is 4.72. The van der Waals surface area contributed by atoms with Crippen LogP contribution in [0.25, 0.3) is 5.69 Å². The van der Waals surface area contributed by atoms with E-state index in [-0.39, 0.29) is 11.4 Å². The van der Waals surface area contributed by atoms with E-state index in [4.69, 9.17) is 4.74 Å². The zero-order valence-electron chi connectivity index (χ0n) is 15.8. The highest BCUT2D eigenvalue weighted by Crippen LogP contribution is 2.39. The van der Waals surface area contributed by atoms with E-state index in [0.717, 1.165) is 24.2 Å². The highest BCUT2D eigenvalue weighted by molar-refractivity contribution is 5.97. The zero-order valence-corrected chi connectivity index (χ0v) is 15.8. The molecule has 1 fully saturated rings. The van der Waals surface area contributed by atoms with Crippen molar-refractivity contribution < 1.29 is 18.7 Å². The number of carbonyl (C=O) groups excluding carboxylic acids is 2. The van der Waals surface area contributed by atoms with E-state index in [0.29, 0.717) is 5.92 Å². The van der Waals surface area contributed by atoms with Crippen LogP contribution in [0.4, 0.5) is 10.1 Å². The monoisotopic (exact) mass is 393 g/mol. The van der Waals surface area contributed by atoms with E-state index < -0.39 is 23.8 Å². The van der Waals surface area contributed by atoms with Gasteiger partial charge in [0.1, 0.15) is 5.82 Å². The molecule has 1 aromatic heterocycles. The molecule has 1 aliphatic rings. The average Bonchev–Trinajstić information content (AvgIpc) is 3.48. The normalized spacial score (nSPS) is 14.3. The molecule has 1 amide bonds. The Morgan fingerprint density at radius 1 is 1.14 bits per heavy atom. The summed E-state index contributed by atoms with van der Waals surface area (Å²) in [6.45, 7) is 1.44. The van der Waals surface area contributed by atoms with E-state index in [1.54, 1.807) is 12.1 Å². The maximum absolute atomic E-state index is 13.7. The Kier molecular flexibility index (Phi) is 5.12. The number of carbonyl (C=O) groups is 2. The number of hydrogen-bond donors (Lipinski definition) is 1. The number of amides is 1. The molecule has 1 atom stereocenters. The Balaban J connectivity index is 1.52. The first-order valence-electron chi connectivity index (χ1n) is 9.44. The molecular formula is C22H20FN3O3. The first kappa shape index (κ1) is 18.9. The molecule has 6 nitrogen and oxygen atoms in total. The van der Waals surface area contributed by atoms with E-state index >= 15 is 0 Å². The molecule has 0 unspecified atom stereocenters. The maximum Gasteiger partial charge on any atom is 0.357 e. The Labute approximate surface area is 167 Å². The van der Waals surface area contributed by atoms with Gasteiger partial charge in [-0.2, -0.15) is 5.10 Å². The van der Waals surface area contributed by atoms with Gasteiger partial charge in [0.15, 0.2) is 11.8 Å². The molecule has 0 aliphatic heterocycles. The molecular weight excluding hydrogens is 373 g/mol. The summed E-state index contributed by atoms with van der Waals surface area (Å²) in [5.74, 6) is -1.48. The first-order chi connectivity index (χ1) is 14.0. The third kappa shape index (κ3) is 4.18. The molecule has 29 heavy (non-hydrogen) atoms. The summed E-state index contributed by atoms with van der Waals surface area (Å²) in [6.07, 6.45) is 0.981. The van der Waals surface area contributed by atoms with Gasteiger partial charge in [0.2, 0.25) is 0 Å². The number of anilines is 1. The van der Waals surface area contributed by atoms with Crippen LogP contribution in [-0.2, 0) is 9.53 Å². The number of ether oxygens (including phenoxy) is 1. The molecule has 1 saturated carbocycles. The van der Waals surface area contributed by atoms with Crippen LogP contribution >= 0.6 is 0 Å². The Hall–Kier alpha value is -3.48. The second-order valence-electron chi connectivity index (χ2n) is 6.99. The molecule has 0 saturated heterocycles. The SMILES string of the molecule is C[C@@H](OC(=O)c1cc(C2CC2)nn1-c1ccccc1)C(=O)Nc1ccccc1F. The van der Waals surface area contributed by atoms with Crippen molar-refractivity contribution >= 4 is 17.6 Å². The first-order valence-corrected chi connectivity index (χ1v) is 9.44. The lowest BCUT2D eigenvalue weighted by atomic mass is 10.2. The minimum atomic E-state index is -1.11. The van der Waals surface area contributed by atoms with Crippen LogP contribution in [0.5, 0.6) is 0 Å². The molecule has 1 N–H and O–H groups in total. The van der Waals surface area contributed by atoms with Crippen molar-refractivity contribution in [2.45, 2.75) is 31.8 Å². The lowest BCUT2D eigenvalue weighted by molar-refractivity contribution is -0.123. The van der Waals surface area contributed by atoms with Crippen molar-refractivity contribution in [3.05, 3.63) is 77.9 Å². The molecule has 0 radical (unpaired) electrons. The summed E-state index contributed by atoms with van der Waals surface area (Å²) in [4.78, 5) is 25.1. The summed E-state index contributed by atoms with van der Waals surface area (Å²) < 4.78 is 20.6. The number of esters is 1. The van der Waals surface area contributed by atoms with Crippen LogP contribution in [0.2, 0.25) is 0 Å². The van der Waals surface area contributed by atoms with Gasteiger partial charge in [-0.1, -0.05) is 30.3 Å². The topological polar surface area (TPSA) is 73.2 Å². The number of aromatic nitrogens is 2. The lowest BCUT2D eigenvalue weighted by Gasteiger charge is -2.14. The van der Waals surface area contributed by atoms with Gasteiger partial charge in [0.05, 0.1) is 17.1 Å². The molecule has 0 bridgehead atoms. The third-order valence-electron chi connectivity index (χ3n) is 4.72. The smallest absolute Gasteiger partial charge is 0.357 e. The van der Waals surface area contributed by atoms with Crippen molar-refractivity contribution in [2.24, 2.45) is 0 Å². The van der Waals surface area contributed by atoms with Crippen LogP contribution in [0.3, 0.4) is 0 Å². The molecule has 3 aromatic rings. The van der Waals surface area contributed by atoms with Gasteiger partial charge in [0, 0.05) is 5.92 Å². The van der Waals surface area contributed by atoms with Crippen LogP contribution < -0.4 is 5.32 Å². The van der Waals surface area contributed by atoms with Crippen LogP contribution in [0.15, 0.2) is 60.7 Å². The molecule has 7 heteroatoms. The Morgan fingerprint density at radius 3 is 2.52 bits per heavy atom. The number of benzene rings is 2. The number of para-hydroxylation sites is 2. The number of nitrogens with one attached hydrogen (secondary N) is 1. The van der Waals surface area contributed by atoms with E-state index in [1.807, 2.05) is 30.3 Å². The molecule has 4 rings (SSSR count). The van der Waals surface area contributed by atoms with E-state index in [1.165, 1.54) is 29.8 Å². The van der Waals surface area contributed by atoms with Gasteiger partial charge in [0.25, 0.3) is 5.91 Å². The molecule has 148 valence electrons. The lowest BCUT2D eigenvalue weighted by Crippen LogP contribution is -2.30. The Morgan fingerprint density at radius 2 is 1.83 bits per heavy atom. The van der Waals surface area contributed by atoms with E-state index in [9.17, 15) is 14.0 Å². The van der Waals surface area contributed by atoms with Crippen molar-refractivity contribution in [3.63, 3.8) is 0 Å². The Bertz CT molecular complexity index is 1040. The second-order valence-corrected chi connectivity index (χ2v) is 6.99. The van der Waals surface area contributed by atoms with Crippen LogP contribution in [0, 0.1) is 5.82 Å². The van der Waals surface area contributed by atoms with Crippen molar-refractivity contribution in [2.75, 3.05) is 5.32 Å². The van der Waals surface area contributed by atoms with Crippen LogP contribution in [0.1, 0.15) is 41.9 Å². The molecule has 0 spiro atoms. The predicted molar refractivity (Wildman–Crippen MR) is 105 cm³/mol. The van der Waals surface area contributed by atoms with E-state index in [2.05, 4.69) is 10.4 Å². The van der Waals surface area contributed by atoms with Gasteiger partial charge in [-0.3, -0.25) is 4.79 Å². The van der Waals surface area contributed by atoms with Crippen molar-refractivity contribution in [3.8, 4) is 5.69 Å². The van der Waals surface area contributed by atoms with Gasteiger partial charge in [-0.05, 0) is 50.1 Å².